The molecular weight excluding hydrogens is 408 g/mol. The van der Waals surface area contributed by atoms with E-state index in [0.717, 1.165) is 49.9 Å². The van der Waals surface area contributed by atoms with E-state index in [1.54, 1.807) is 19.1 Å². The van der Waals surface area contributed by atoms with E-state index >= 15 is 0 Å². The molecule has 3 nitrogen and oxygen atoms in total. The highest BCUT2D eigenvalue weighted by atomic mass is 35.5. The number of hydrogen-bond acceptors (Lipinski definition) is 3. The van der Waals surface area contributed by atoms with Gasteiger partial charge in [-0.2, -0.15) is 0 Å². The van der Waals surface area contributed by atoms with Gasteiger partial charge in [-0.05, 0) is 68.1 Å². The van der Waals surface area contributed by atoms with E-state index in [-0.39, 0.29) is 23.0 Å². The Bertz CT molecular complexity index is 870. The number of allylic oxidation sites excluding steroid dienone is 5. The van der Waals surface area contributed by atoms with Crippen molar-refractivity contribution < 1.29 is 14.3 Å². The minimum atomic E-state index is -0.512. The first-order chi connectivity index (χ1) is 14.6. The summed E-state index contributed by atoms with van der Waals surface area (Å²) < 4.78 is 6.33. The molecule has 0 aromatic rings. The predicted octanol–water partition coefficient (Wildman–Crippen LogP) is 6.42. The molecule has 4 rings (SSSR count). The summed E-state index contributed by atoms with van der Waals surface area (Å²) in [5.74, 6) is 2.05. The van der Waals surface area contributed by atoms with Gasteiger partial charge in [0.05, 0.1) is 11.5 Å². The number of ketones is 2. The van der Waals surface area contributed by atoms with Crippen molar-refractivity contribution in [3.63, 3.8) is 0 Å². The van der Waals surface area contributed by atoms with Gasteiger partial charge in [0, 0.05) is 22.8 Å². The zero-order valence-electron chi connectivity index (χ0n) is 19.7. The average Bonchev–Trinajstić information content (AvgIpc) is 2.98. The summed E-state index contributed by atoms with van der Waals surface area (Å²) in [6.07, 6.45) is 13.7. The van der Waals surface area contributed by atoms with Crippen LogP contribution in [0.2, 0.25) is 0 Å². The molecule has 0 bridgehead atoms. The number of unbranched alkanes of at least 4 members (excludes halogenated alkanes) is 2. The lowest BCUT2D eigenvalue weighted by Crippen LogP contribution is -2.59. The maximum absolute atomic E-state index is 12.6. The van der Waals surface area contributed by atoms with Crippen molar-refractivity contribution >= 4 is 23.2 Å². The summed E-state index contributed by atoms with van der Waals surface area (Å²) in [5.41, 5.74) is 0.436. The molecule has 2 saturated carbocycles. The van der Waals surface area contributed by atoms with E-state index in [1.807, 2.05) is 6.08 Å². The minimum Gasteiger partial charge on any atom is -0.494 e. The number of carbonyl (C=O) groups excluding carboxylic acids is 2. The smallest absolute Gasteiger partial charge is 0.178 e. The Morgan fingerprint density at radius 1 is 1.26 bits per heavy atom. The largest absolute Gasteiger partial charge is 0.494 e. The predicted molar refractivity (Wildman–Crippen MR) is 125 cm³/mol. The molecular formula is C27H37ClO3. The number of rotatable bonds is 6. The number of halogens is 1. The Morgan fingerprint density at radius 2 is 2.00 bits per heavy atom. The lowest BCUT2D eigenvalue weighted by atomic mass is 9.48. The fourth-order valence-electron chi connectivity index (χ4n) is 7.52. The second kappa shape index (κ2) is 7.90. The van der Waals surface area contributed by atoms with E-state index in [4.69, 9.17) is 16.3 Å². The summed E-state index contributed by atoms with van der Waals surface area (Å²) in [4.78, 5) is 24.4. The van der Waals surface area contributed by atoms with Gasteiger partial charge >= 0.3 is 0 Å². The van der Waals surface area contributed by atoms with E-state index in [0.29, 0.717) is 24.2 Å². The molecule has 0 radical (unpaired) electrons. The van der Waals surface area contributed by atoms with Crippen molar-refractivity contribution in [1.82, 2.24) is 0 Å². The summed E-state index contributed by atoms with van der Waals surface area (Å²) in [6.45, 7) is 11.3. The fraction of sp³-hybridized carbons (Fsp3) is 0.704. The SMILES string of the molecule is CCCCCOC1=C[C@H]2[C@@H]3CC(C)[C@H](C(C)=O)[C@@]3(C)CC[C@]2(Cl)[C@@]2(C)C=CC(=O)C=C12. The molecule has 0 aliphatic heterocycles. The zero-order valence-corrected chi connectivity index (χ0v) is 20.4. The number of ether oxygens (including phenoxy) is 1. The van der Waals surface area contributed by atoms with Crippen molar-refractivity contribution in [1.29, 1.82) is 0 Å². The molecule has 0 spiro atoms. The Morgan fingerprint density at radius 3 is 2.68 bits per heavy atom. The van der Waals surface area contributed by atoms with Crippen LogP contribution in [0.15, 0.2) is 35.6 Å². The van der Waals surface area contributed by atoms with Crippen molar-refractivity contribution in [3.8, 4) is 0 Å². The second-order valence-corrected chi connectivity index (χ2v) is 11.6. The highest BCUT2D eigenvalue weighted by molar-refractivity contribution is 6.26. The van der Waals surface area contributed by atoms with Gasteiger partial charge in [-0.3, -0.25) is 9.59 Å². The number of Topliss-reactive ketones (excluding diaryl/α,β-unsaturated/α-hetero) is 1. The molecule has 0 heterocycles. The van der Waals surface area contributed by atoms with Crippen LogP contribution in [-0.4, -0.2) is 23.0 Å². The average molecular weight is 445 g/mol. The number of carbonyl (C=O) groups is 2. The van der Waals surface area contributed by atoms with Crippen LogP contribution in [0, 0.1) is 34.5 Å². The maximum Gasteiger partial charge on any atom is 0.178 e. The first-order valence-corrected chi connectivity index (χ1v) is 12.5. The first-order valence-electron chi connectivity index (χ1n) is 12.1. The monoisotopic (exact) mass is 444 g/mol. The molecule has 31 heavy (non-hydrogen) atoms. The van der Waals surface area contributed by atoms with Gasteiger partial charge in [0.1, 0.15) is 11.5 Å². The summed E-state index contributed by atoms with van der Waals surface area (Å²) in [7, 11) is 0. The van der Waals surface area contributed by atoms with Crippen LogP contribution < -0.4 is 0 Å². The van der Waals surface area contributed by atoms with Crippen molar-refractivity contribution in [3.05, 3.63) is 35.6 Å². The van der Waals surface area contributed by atoms with E-state index in [9.17, 15) is 9.59 Å². The third kappa shape index (κ3) is 3.29. The van der Waals surface area contributed by atoms with Crippen molar-refractivity contribution in [2.75, 3.05) is 6.61 Å². The molecule has 0 N–H and O–H groups in total. The standard InChI is InChI=1S/C27H37ClO3/c1-6-7-8-13-31-23-16-21-20-14-17(2)24(18(3)29)25(20,4)11-12-27(21,28)26(5)10-9-19(30)15-22(23)26/h9-10,15-17,20-21,24H,6-8,11-14H2,1-5H3/t17?,20-,21-,24+,25-,26-,27+/m0/s1. The molecule has 4 aliphatic rings. The Kier molecular flexibility index (Phi) is 5.82. The molecule has 2 fully saturated rings. The lowest BCUT2D eigenvalue weighted by molar-refractivity contribution is -0.127. The lowest BCUT2D eigenvalue weighted by Gasteiger charge is -2.60. The van der Waals surface area contributed by atoms with Crippen LogP contribution in [0.1, 0.15) is 73.1 Å². The molecule has 4 heteroatoms. The Balaban J connectivity index is 1.79. The molecule has 7 atom stereocenters. The molecule has 0 amide bonds. The normalized spacial score (nSPS) is 43.5. The Hall–Kier alpha value is -1.35. The molecule has 0 saturated heterocycles. The topological polar surface area (TPSA) is 43.4 Å². The first kappa shape index (κ1) is 22.8. The highest BCUT2D eigenvalue weighted by Gasteiger charge is 2.67. The van der Waals surface area contributed by atoms with Crippen LogP contribution in [-0.2, 0) is 14.3 Å². The molecule has 0 aromatic carbocycles. The van der Waals surface area contributed by atoms with Crippen LogP contribution in [0.5, 0.6) is 0 Å². The summed E-state index contributed by atoms with van der Waals surface area (Å²) in [5, 5.41) is 0. The van der Waals surface area contributed by atoms with E-state index in [2.05, 4.69) is 33.8 Å². The molecule has 1 unspecified atom stereocenters. The van der Waals surface area contributed by atoms with Crippen molar-refractivity contribution in [2.24, 2.45) is 34.5 Å². The van der Waals surface area contributed by atoms with E-state index in [1.165, 1.54) is 0 Å². The van der Waals surface area contributed by atoms with Crippen LogP contribution >= 0.6 is 11.6 Å². The molecule has 4 aliphatic carbocycles. The van der Waals surface area contributed by atoms with Gasteiger partial charge in [-0.25, -0.2) is 0 Å². The van der Waals surface area contributed by atoms with Gasteiger partial charge in [-0.1, -0.05) is 46.6 Å². The number of alkyl halides is 1. The zero-order chi connectivity index (χ0) is 22.6. The molecule has 0 aromatic heterocycles. The van der Waals surface area contributed by atoms with Gasteiger partial charge in [0.25, 0.3) is 0 Å². The van der Waals surface area contributed by atoms with Crippen molar-refractivity contribution in [2.45, 2.75) is 78.0 Å². The highest BCUT2D eigenvalue weighted by Crippen LogP contribution is 2.70. The van der Waals surface area contributed by atoms with Gasteiger partial charge in [-0.15, -0.1) is 11.6 Å². The van der Waals surface area contributed by atoms with Crippen LogP contribution in [0.3, 0.4) is 0 Å². The summed E-state index contributed by atoms with van der Waals surface area (Å²) in [6, 6.07) is 0. The molecule has 170 valence electrons. The number of hydrogen-bond donors (Lipinski definition) is 0. The third-order valence-electron chi connectivity index (χ3n) is 9.07. The number of fused-ring (bicyclic) bond motifs is 5. The Labute approximate surface area is 192 Å². The van der Waals surface area contributed by atoms with Gasteiger partial charge < -0.3 is 4.74 Å². The van der Waals surface area contributed by atoms with E-state index < -0.39 is 10.3 Å². The summed E-state index contributed by atoms with van der Waals surface area (Å²) >= 11 is 7.60. The third-order valence-corrected chi connectivity index (χ3v) is 9.91. The minimum absolute atomic E-state index is 0.000954. The quantitative estimate of drug-likeness (QED) is 0.350. The fourth-order valence-corrected chi connectivity index (χ4v) is 8.00. The van der Waals surface area contributed by atoms with Gasteiger partial charge in [0.15, 0.2) is 5.78 Å². The maximum atomic E-state index is 12.6. The van der Waals surface area contributed by atoms with Gasteiger partial charge in [0.2, 0.25) is 0 Å². The second-order valence-electron chi connectivity index (χ2n) is 10.9. The van der Waals surface area contributed by atoms with Crippen LogP contribution in [0.25, 0.3) is 0 Å². The van der Waals surface area contributed by atoms with Crippen LogP contribution in [0.4, 0.5) is 0 Å².